The van der Waals surface area contributed by atoms with E-state index in [1.165, 1.54) is 0 Å². The highest BCUT2D eigenvalue weighted by atomic mass is 16.7. The molecule has 2 saturated heterocycles. The van der Waals surface area contributed by atoms with E-state index in [0.717, 1.165) is 0 Å². The number of carbonyl (C=O) groups is 1. The Balaban J connectivity index is 1.71. The van der Waals surface area contributed by atoms with Crippen LogP contribution in [0.2, 0.25) is 0 Å². The van der Waals surface area contributed by atoms with E-state index < -0.39 is 18.0 Å². The van der Waals surface area contributed by atoms with E-state index in [0.29, 0.717) is 13.2 Å². The van der Waals surface area contributed by atoms with Crippen LogP contribution in [-0.4, -0.2) is 54.5 Å². The van der Waals surface area contributed by atoms with Gasteiger partial charge >= 0.3 is 5.97 Å². The Morgan fingerprint density at radius 3 is 2.84 bits per heavy atom. The van der Waals surface area contributed by atoms with Crippen molar-refractivity contribution in [2.75, 3.05) is 13.2 Å². The van der Waals surface area contributed by atoms with Gasteiger partial charge in [0.25, 0.3) is 0 Å². The molecule has 6 atom stereocenters. The van der Waals surface area contributed by atoms with Gasteiger partial charge in [-0.1, -0.05) is 0 Å². The Bertz CT molecular complexity index is 381. The van der Waals surface area contributed by atoms with E-state index in [2.05, 4.69) is 0 Å². The molecule has 2 unspecified atom stereocenters. The topological polar surface area (TPSA) is 74.2 Å². The average molecular weight is 272 g/mol. The van der Waals surface area contributed by atoms with Crippen LogP contribution in [-0.2, 0) is 23.7 Å². The smallest absolute Gasteiger partial charge is 0.312 e. The van der Waals surface area contributed by atoms with E-state index in [-0.39, 0.29) is 30.0 Å². The van der Waals surface area contributed by atoms with Crippen molar-refractivity contribution in [2.45, 2.75) is 51.0 Å². The number of aliphatic hydroxyl groups excluding tert-OH is 1. The summed E-state index contributed by atoms with van der Waals surface area (Å²) in [6.07, 6.45) is -1.72. The summed E-state index contributed by atoms with van der Waals surface area (Å²) in [6.45, 7) is 6.08. The zero-order valence-electron chi connectivity index (χ0n) is 11.4. The minimum absolute atomic E-state index is 0.214. The molecule has 0 aromatic rings. The monoisotopic (exact) mass is 272 g/mol. The third-order valence-electron chi connectivity index (χ3n) is 4.01. The van der Waals surface area contributed by atoms with Gasteiger partial charge in [-0.05, 0) is 20.8 Å². The number of hydrogen-bond donors (Lipinski definition) is 1. The minimum atomic E-state index is -0.730. The molecule has 2 aliphatic heterocycles. The van der Waals surface area contributed by atoms with Gasteiger partial charge in [-0.15, -0.1) is 0 Å². The summed E-state index contributed by atoms with van der Waals surface area (Å²) in [5, 5.41) is 10.4. The van der Waals surface area contributed by atoms with Crippen molar-refractivity contribution in [1.82, 2.24) is 0 Å². The van der Waals surface area contributed by atoms with Gasteiger partial charge in [0, 0.05) is 5.92 Å². The van der Waals surface area contributed by atoms with Crippen LogP contribution in [0.25, 0.3) is 0 Å². The molecule has 0 spiro atoms. The lowest BCUT2D eigenvalue weighted by Crippen LogP contribution is -2.57. The summed E-state index contributed by atoms with van der Waals surface area (Å²) in [5.41, 5.74) is 0. The SMILES string of the molecule is CCOC(=O)C1C2[C@@H]1O[C@@H]1COC(C)(C)O[C@H]1[C@@H]2O. The van der Waals surface area contributed by atoms with Crippen LogP contribution in [0.5, 0.6) is 0 Å². The van der Waals surface area contributed by atoms with Gasteiger partial charge in [0.05, 0.1) is 31.3 Å². The zero-order valence-corrected chi connectivity index (χ0v) is 11.4. The average Bonchev–Trinajstić information content (AvgIpc) is 3.05. The van der Waals surface area contributed by atoms with E-state index in [4.69, 9.17) is 18.9 Å². The van der Waals surface area contributed by atoms with Crippen molar-refractivity contribution < 1.29 is 28.8 Å². The van der Waals surface area contributed by atoms with Crippen LogP contribution in [0.15, 0.2) is 0 Å². The van der Waals surface area contributed by atoms with E-state index in [1.54, 1.807) is 20.8 Å². The molecule has 19 heavy (non-hydrogen) atoms. The maximum Gasteiger partial charge on any atom is 0.312 e. The molecule has 1 saturated carbocycles. The first-order chi connectivity index (χ1) is 8.94. The first-order valence-corrected chi connectivity index (χ1v) is 6.76. The lowest BCUT2D eigenvalue weighted by Gasteiger charge is -2.44. The summed E-state index contributed by atoms with van der Waals surface area (Å²) in [6, 6.07) is 0. The molecule has 0 radical (unpaired) electrons. The molecule has 0 aromatic heterocycles. The predicted molar refractivity (Wildman–Crippen MR) is 63.2 cm³/mol. The fraction of sp³-hybridized carbons (Fsp3) is 0.923. The summed E-state index contributed by atoms with van der Waals surface area (Å²) in [4.78, 5) is 11.8. The van der Waals surface area contributed by atoms with E-state index in [1.807, 2.05) is 0 Å². The normalized spacial score (nSPS) is 46.9. The lowest BCUT2D eigenvalue weighted by atomic mass is 9.99. The van der Waals surface area contributed by atoms with Crippen LogP contribution in [0, 0.1) is 11.8 Å². The quantitative estimate of drug-likeness (QED) is 0.717. The second kappa shape index (κ2) is 4.41. The van der Waals surface area contributed by atoms with Crippen LogP contribution >= 0.6 is 0 Å². The maximum absolute atomic E-state index is 11.8. The van der Waals surface area contributed by atoms with Crippen molar-refractivity contribution in [1.29, 1.82) is 0 Å². The number of fused-ring (bicyclic) bond motifs is 2. The van der Waals surface area contributed by atoms with Crippen molar-refractivity contribution in [3.63, 3.8) is 0 Å². The second-order valence-corrected chi connectivity index (χ2v) is 5.78. The highest BCUT2D eigenvalue weighted by Gasteiger charge is 2.67. The number of ether oxygens (including phenoxy) is 4. The molecule has 3 aliphatic rings. The fourth-order valence-corrected chi connectivity index (χ4v) is 3.06. The Kier molecular flexibility index (Phi) is 3.09. The largest absolute Gasteiger partial charge is 0.466 e. The number of carbonyl (C=O) groups excluding carboxylic acids is 1. The first kappa shape index (κ1) is 13.3. The Morgan fingerprint density at radius 1 is 1.42 bits per heavy atom. The molecule has 0 bridgehead atoms. The van der Waals surface area contributed by atoms with Crippen LogP contribution in [0.1, 0.15) is 20.8 Å². The maximum atomic E-state index is 11.8. The molecule has 1 aliphatic carbocycles. The molecule has 1 N–H and O–H groups in total. The highest BCUT2D eigenvalue weighted by Crippen LogP contribution is 2.52. The van der Waals surface area contributed by atoms with Crippen molar-refractivity contribution >= 4 is 5.97 Å². The van der Waals surface area contributed by atoms with Crippen molar-refractivity contribution in [2.24, 2.45) is 11.8 Å². The molecule has 3 fully saturated rings. The number of rotatable bonds is 2. The second-order valence-electron chi connectivity index (χ2n) is 5.78. The molecule has 0 amide bonds. The summed E-state index contributed by atoms with van der Waals surface area (Å²) in [7, 11) is 0. The van der Waals surface area contributed by atoms with E-state index >= 15 is 0 Å². The summed E-state index contributed by atoms with van der Waals surface area (Å²) in [5.74, 6) is -1.61. The predicted octanol–water partition coefficient (Wildman–Crippen LogP) is 0.0753. The van der Waals surface area contributed by atoms with Crippen LogP contribution in [0.3, 0.4) is 0 Å². The van der Waals surface area contributed by atoms with Crippen molar-refractivity contribution in [3.05, 3.63) is 0 Å². The number of aliphatic hydroxyl groups is 1. The third kappa shape index (κ3) is 2.16. The van der Waals surface area contributed by atoms with Gasteiger partial charge in [0.1, 0.15) is 12.2 Å². The number of esters is 1. The van der Waals surface area contributed by atoms with Crippen LogP contribution < -0.4 is 0 Å². The Morgan fingerprint density at radius 2 is 2.16 bits per heavy atom. The van der Waals surface area contributed by atoms with Gasteiger partial charge in [0.15, 0.2) is 5.79 Å². The Labute approximate surface area is 112 Å². The van der Waals surface area contributed by atoms with Gasteiger partial charge in [-0.2, -0.15) is 0 Å². The van der Waals surface area contributed by atoms with Gasteiger partial charge in [-0.3, -0.25) is 4.79 Å². The van der Waals surface area contributed by atoms with Gasteiger partial charge in [-0.25, -0.2) is 0 Å². The van der Waals surface area contributed by atoms with E-state index in [9.17, 15) is 9.90 Å². The number of hydrogen-bond acceptors (Lipinski definition) is 6. The third-order valence-corrected chi connectivity index (χ3v) is 4.01. The highest BCUT2D eigenvalue weighted by molar-refractivity contribution is 5.77. The van der Waals surface area contributed by atoms with Gasteiger partial charge < -0.3 is 24.1 Å². The Hall–Kier alpha value is -0.690. The van der Waals surface area contributed by atoms with Crippen molar-refractivity contribution in [3.8, 4) is 0 Å². The molecular formula is C13H20O6. The van der Waals surface area contributed by atoms with Gasteiger partial charge in [0.2, 0.25) is 0 Å². The molecule has 108 valence electrons. The lowest BCUT2D eigenvalue weighted by molar-refractivity contribution is -0.337. The summed E-state index contributed by atoms with van der Waals surface area (Å²) >= 11 is 0. The fourth-order valence-electron chi connectivity index (χ4n) is 3.06. The zero-order chi connectivity index (χ0) is 13.8. The minimum Gasteiger partial charge on any atom is -0.466 e. The summed E-state index contributed by atoms with van der Waals surface area (Å²) < 4.78 is 22.0. The van der Waals surface area contributed by atoms with Crippen LogP contribution in [0.4, 0.5) is 0 Å². The first-order valence-electron chi connectivity index (χ1n) is 6.76. The molecule has 0 aromatic carbocycles. The molecular weight excluding hydrogens is 252 g/mol. The standard InChI is InChI=1S/C13H20O6/c1-4-16-12(15)8-7-9(14)10-6(18-11(7)8)5-17-13(2,3)19-10/h6-11,14H,4-5H2,1-3H3/t6-,7?,8?,9-,10-,11+/m1/s1. The molecule has 6 heteroatoms. The molecule has 3 rings (SSSR count). The molecule has 2 heterocycles. The molecule has 6 nitrogen and oxygen atoms in total.